The number of carbonyl (C=O) groups is 1. The molecule has 0 aliphatic heterocycles. The van der Waals surface area contributed by atoms with Gasteiger partial charge in [-0.3, -0.25) is 4.79 Å². The van der Waals surface area contributed by atoms with Crippen LogP contribution in [-0.4, -0.2) is 12.1 Å². The molecule has 2 aromatic carbocycles. The predicted octanol–water partition coefficient (Wildman–Crippen LogP) is 4.98. The van der Waals surface area contributed by atoms with Crippen LogP contribution in [0.3, 0.4) is 0 Å². The Morgan fingerprint density at radius 3 is 2.52 bits per heavy atom. The first-order chi connectivity index (χ1) is 11.8. The molecule has 4 nitrogen and oxygen atoms in total. The zero-order valence-corrected chi connectivity index (χ0v) is 14.1. The number of furan rings is 1. The molecule has 0 saturated heterocycles. The Morgan fingerprint density at radius 2 is 1.84 bits per heavy atom. The number of amides is 1. The molecule has 1 aromatic heterocycles. The summed E-state index contributed by atoms with van der Waals surface area (Å²) in [6.45, 7) is 0. The molecule has 1 heterocycles. The van der Waals surface area contributed by atoms with Crippen LogP contribution in [0, 0.1) is 0 Å². The number of nitrogens with one attached hydrogen (secondary N) is 1. The van der Waals surface area contributed by atoms with Gasteiger partial charge in [-0.2, -0.15) is 18.3 Å². The predicted molar refractivity (Wildman–Crippen MR) is 90.4 cm³/mol. The minimum Gasteiger partial charge on any atom is -0.451 e. The third-order valence-electron chi connectivity index (χ3n) is 3.32. The lowest BCUT2D eigenvalue weighted by Gasteiger charge is -2.05. The fourth-order valence-electron chi connectivity index (χ4n) is 2.10. The molecule has 0 unspecified atom stereocenters. The van der Waals surface area contributed by atoms with Crippen molar-refractivity contribution < 1.29 is 22.4 Å². The van der Waals surface area contributed by atoms with Crippen LogP contribution < -0.4 is 5.43 Å². The van der Waals surface area contributed by atoms with Crippen LogP contribution in [0.5, 0.6) is 0 Å². The van der Waals surface area contributed by atoms with Crippen molar-refractivity contribution in [2.24, 2.45) is 5.10 Å². The van der Waals surface area contributed by atoms with Gasteiger partial charge in [0.1, 0.15) is 5.58 Å². The first-order valence-electron chi connectivity index (χ1n) is 7.03. The molecule has 0 aliphatic carbocycles. The lowest BCUT2D eigenvalue weighted by atomic mass is 10.1. The van der Waals surface area contributed by atoms with Crippen LogP contribution in [0.1, 0.15) is 21.7 Å². The molecule has 1 amide bonds. The molecule has 8 heteroatoms. The number of alkyl halides is 3. The van der Waals surface area contributed by atoms with Gasteiger partial charge in [0.2, 0.25) is 0 Å². The van der Waals surface area contributed by atoms with Gasteiger partial charge in [-0.15, -0.1) is 0 Å². The molecule has 0 aliphatic rings. The van der Waals surface area contributed by atoms with Crippen molar-refractivity contribution in [1.82, 2.24) is 5.43 Å². The maximum absolute atomic E-state index is 12.5. The molecular formula is C17H10BrF3N2O2. The molecule has 0 fully saturated rings. The second-order valence-corrected chi connectivity index (χ2v) is 6.03. The van der Waals surface area contributed by atoms with Crippen molar-refractivity contribution in [3.63, 3.8) is 0 Å². The summed E-state index contributed by atoms with van der Waals surface area (Å²) in [4.78, 5) is 12.0. The molecule has 0 bridgehead atoms. The lowest BCUT2D eigenvalue weighted by Crippen LogP contribution is -2.16. The van der Waals surface area contributed by atoms with E-state index in [-0.39, 0.29) is 5.76 Å². The van der Waals surface area contributed by atoms with Crippen molar-refractivity contribution in [1.29, 1.82) is 0 Å². The number of rotatable bonds is 3. The van der Waals surface area contributed by atoms with Gasteiger partial charge in [0.05, 0.1) is 11.8 Å². The Kier molecular flexibility index (Phi) is 4.63. The van der Waals surface area contributed by atoms with E-state index in [1.54, 1.807) is 24.3 Å². The molecule has 0 radical (unpaired) electrons. The van der Waals surface area contributed by atoms with E-state index in [4.69, 9.17) is 4.42 Å². The van der Waals surface area contributed by atoms with Gasteiger partial charge in [-0.1, -0.05) is 28.1 Å². The van der Waals surface area contributed by atoms with Crippen LogP contribution in [0.2, 0.25) is 0 Å². The molecule has 1 N–H and O–H groups in total. The second kappa shape index (κ2) is 6.72. The van der Waals surface area contributed by atoms with Crippen molar-refractivity contribution in [3.8, 4) is 0 Å². The normalized spacial score (nSPS) is 12.0. The van der Waals surface area contributed by atoms with E-state index in [9.17, 15) is 18.0 Å². The number of fused-ring (bicyclic) bond motifs is 1. The first kappa shape index (κ1) is 17.2. The molecule has 3 rings (SSSR count). The van der Waals surface area contributed by atoms with Gasteiger partial charge in [0, 0.05) is 9.86 Å². The van der Waals surface area contributed by atoms with Crippen molar-refractivity contribution in [2.45, 2.75) is 6.18 Å². The molecule has 128 valence electrons. The van der Waals surface area contributed by atoms with E-state index < -0.39 is 17.6 Å². The highest BCUT2D eigenvalue weighted by molar-refractivity contribution is 9.10. The Labute approximate surface area is 148 Å². The SMILES string of the molecule is O=C(NN=Cc1ccc(C(F)(F)F)cc1)c1cc2cc(Br)ccc2o1. The number of benzene rings is 2. The number of carbonyl (C=O) groups excluding carboxylic acids is 1. The molecular weight excluding hydrogens is 401 g/mol. The molecule has 25 heavy (non-hydrogen) atoms. The number of halogens is 4. The quantitative estimate of drug-likeness (QED) is 0.489. The molecule has 3 aromatic rings. The van der Waals surface area contributed by atoms with Gasteiger partial charge < -0.3 is 4.42 Å². The average molecular weight is 411 g/mol. The van der Waals surface area contributed by atoms with E-state index in [0.29, 0.717) is 11.1 Å². The highest BCUT2D eigenvalue weighted by atomic mass is 79.9. The Bertz CT molecular complexity index is 947. The summed E-state index contributed by atoms with van der Waals surface area (Å²) in [6, 6.07) is 11.3. The highest BCUT2D eigenvalue weighted by Crippen LogP contribution is 2.28. The maximum Gasteiger partial charge on any atom is 0.416 e. The average Bonchev–Trinajstić information content (AvgIpc) is 2.97. The summed E-state index contributed by atoms with van der Waals surface area (Å²) in [5.74, 6) is -0.479. The van der Waals surface area contributed by atoms with Gasteiger partial charge in [0.15, 0.2) is 5.76 Å². The Hall–Kier alpha value is -2.61. The summed E-state index contributed by atoms with van der Waals surface area (Å²) in [7, 11) is 0. The summed E-state index contributed by atoms with van der Waals surface area (Å²) >= 11 is 3.33. The van der Waals surface area contributed by atoms with Gasteiger partial charge in [-0.05, 0) is 42.0 Å². The summed E-state index contributed by atoms with van der Waals surface area (Å²) in [5, 5.41) is 4.48. The van der Waals surface area contributed by atoms with E-state index in [1.165, 1.54) is 18.3 Å². The monoisotopic (exact) mass is 410 g/mol. The maximum atomic E-state index is 12.5. The summed E-state index contributed by atoms with van der Waals surface area (Å²) in [6.07, 6.45) is -3.14. The van der Waals surface area contributed by atoms with Crippen molar-refractivity contribution in [3.05, 3.63) is 69.9 Å². The van der Waals surface area contributed by atoms with E-state index in [2.05, 4.69) is 26.5 Å². The van der Waals surface area contributed by atoms with E-state index in [0.717, 1.165) is 22.0 Å². The third-order valence-corrected chi connectivity index (χ3v) is 3.81. The fraction of sp³-hybridized carbons (Fsp3) is 0.0588. The minimum absolute atomic E-state index is 0.0812. The van der Waals surface area contributed by atoms with Gasteiger partial charge >= 0.3 is 12.1 Å². The molecule has 0 spiro atoms. The highest BCUT2D eigenvalue weighted by Gasteiger charge is 2.29. The zero-order chi connectivity index (χ0) is 18.0. The smallest absolute Gasteiger partial charge is 0.416 e. The Balaban J connectivity index is 1.67. The Morgan fingerprint density at radius 1 is 1.12 bits per heavy atom. The van der Waals surface area contributed by atoms with Crippen molar-refractivity contribution in [2.75, 3.05) is 0 Å². The molecule has 0 saturated carbocycles. The van der Waals surface area contributed by atoms with Crippen LogP contribution in [0.25, 0.3) is 11.0 Å². The first-order valence-corrected chi connectivity index (χ1v) is 7.82. The summed E-state index contributed by atoms with van der Waals surface area (Å²) < 4.78 is 43.7. The lowest BCUT2D eigenvalue weighted by molar-refractivity contribution is -0.137. The standard InChI is InChI=1S/C17H10BrF3N2O2/c18-13-5-6-14-11(7-13)8-15(25-14)16(24)23-22-9-10-1-3-12(4-2-10)17(19,20)21/h1-9H,(H,23,24). The van der Waals surface area contributed by atoms with Crippen LogP contribution >= 0.6 is 15.9 Å². The fourth-order valence-corrected chi connectivity index (χ4v) is 2.48. The topological polar surface area (TPSA) is 54.6 Å². The summed E-state index contributed by atoms with van der Waals surface area (Å²) in [5.41, 5.74) is 2.50. The number of hydrogen-bond acceptors (Lipinski definition) is 3. The van der Waals surface area contributed by atoms with Crippen molar-refractivity contribution >= 4 is 39.0 Å². The van der Waals surface area contributed by atoms with E-state index >= 15 is 0 Å². The van der Waals surface area contributed by atoms with Gasteiger partial charge in [-0.25, -0.2) is 5.43 Å². The van der Waals surface area contributed by atoms with Crippen LogP contribution in [0.4, 0.5) is 13.2 Å². The van der Waals surface area contributed by atoms with E-state index in [1.807, 2.05) is 0 Å². The second-order valence-electron chi connectivity index (χ2n) is 5.11. The zero-order valence-electron chi connectivity index (χ0n) is 12.5. The van der Waals surface area contributed by atoms with Crippen LogP contribution in [0.15, 0.2) is 62.5 Å². The largest absolute Gasteiger partial charge is 0.451 e. The van der Waals surface area contributed by atoms with Crippen LogP contribution in [-0.2, 0) is 6.18 Å². The minimum atomic E-state index is -4.39. The number of hydrogen-bond donors (Lipinski definition) is 1. The van der Waals surface area contributed by atoms with Gasteiger partial charge in [0.25, 0.3) is 0 Å². The third kappa shape index (κ3) is 4.08. The molecule has 0 atom stereocenters. The number of hydrazone groups is 1. The number of nitrogens with zero attached hydrogens (tertiary/aromatic N) is 1.